The fraction of sp³-hybridized carbons (Fsp3) is 0.333. The molecule has 0 spiro atoms. The van der Waals surface area contributed by atoms with Gasteiger partial charge in [0.1, 0.15) is 0 Å². The van der Waals surface area contributed by atoms with Crippen molar-refractivity contribution in [2.75, 3.05) is 18.4 Å². The predicted octanol–water partition coefficient (Wildman–Crippen LogP) is 4.76. The van der Waals surface area contributed by atoms with Gasteiger partial charge in [-0.25, -0.2) is 4.79 Å². The highest BCUT2D eigenvalue weighted by Crippen LogP contribution is 2.18. The van der Waals surface area contributed by atoms with Crippen molar-refractivity contribution >= 4 is 17.6 Å². The number of benzene rings is 2. The molecular weight excluding hydrogens is 428 g/mol. The Hall–Kier alpha value is -3.58. The third-order valence-electron chi connectivity index (χ3n) is 6.03. The lowest BCUT2D eigenvalue weighted by molar-refractivity contribution is 0.0996. The van der Waals surface area contributed by atoms with Gasteiger partial charge in [0.15, 0.2) is 5.76 Å². The van der Waals surface area contributed by atoms with Gasteiger partial charge in [0.05, 0.1) is 6.26 Å². The highest BCUT2D eigenvalue weighted by atomic mass is 16.3. The third-order valence-corrected chi connectivity index (χ3v) is 6.03. The number of carbonyl (C=O) groups excluding carboxylic acids is 2. The molecule has 3 aromatic rings. The van der Waals surface area contributed by atoms with Gasteiger partial charge in [-0.2, -0.15) is 0 Å². The second-order valence-corrected chi connectivity index (χ2v) is 8.96. The minimum Gasteiger partial charge on any atom is -0.459 e. The molecule has 4 rings (SSSR count). The molecule has 0 bridgehead atoms. The Kier molecular flexibility index (Phi) is 7.99. The van der Waals surface area contributed by atoms with E-state index in [-0.39, 0.29) is 17.7 Å². The Morgan fingerprint density at radius 2 is 1.59 bits per heavy atom. The van der Waals surface area contributed by atoms with Crippen LogP contribution in [0.2, 0.25) is 0 Å². The molecular formula is C27H32N4O3. The van der Waals surface area contributed by atoms with Crippen LogP contribution in [-0.4, -0.2) is 29.9 Å². The summed E-state index contributed by atoms with van der Waals surface area (Å²) in [5, 5.41) is 8.53. The Morgan fingerprint density at radius 3 is 2.21 bits per heavy atom. The van der Waals surface area contributed by atoms with Crippen molar-refractivity contribution < 1.29 is 14.0 Å². The van der Waals surface area contributed by atoms with E-state index in [1.165, 1.54) is 37.8 Å². The van der Waals surface area contributed by atoms with Crippen LogP contribution < -0.4 is 16.0 Å². The third kappa shape index (κ3) is 6.96. The highest BCUT2D eigenvalue weighted by molar-refractivity contribution is 6.02. The molecule has 34 heavy (non-hydrogen) atoms. The van der Waals surface area contributed by atoms with Gasteiger partial charge >= 0.3 is 6.03 Å². The normalized spacial score (nSPS) is 16.1. The van der Waals surface area contributed by atoms with Gasteiger partial charge in [0.2, 0.25) is 0 Å². The van der Waals surface area contributed by atoms with Crippen LogP contribution >= 0.6 is 0 Å². The number of urea groups is 1. The summed E-state index contributed by atoms with van der Waals surface area (Å²) in [5.41, 5.74) is 3.98. The smallest absolute Gasteiger partial charge is 0.315 e. The monoisotopic (exact) mass is 460 g/mol. The highest BCUT2D eigenvalue weighted by Gasteiger charge is 2.16. The first kappa shape index (κ1) is 23.6. The number of carbonyl (C=O) groups is 2. The molecule has 0 saturated carbocycles. The molecule has 1 unspecified atom stereocenters. The first-order chi connectivity index (χ1) is 16.5. The molecule has 1 fully saturated rings. The van der Waals surface area contributed by atoms with E-state index >= 15 is 0 Å². The van der Waals surface area contributed by atoms with E-state index in [0.29, 0.717) is 18.8 Å². The fourth-order valence-corrected chi connectivity index (χ4v) is 4.18. The zero-order valence-corrected chi connectivity index (χ0v) is 19.5. The van der Waals surface area contributed by atoms with Crippen LogP contribution in [0, 0.1) is 5.92 Å². The predicted molar refractivity (Wildman–Crippen MR) is 132 cm³/mol. The van der Waals surface area contributed by atoms with E-state index in [0.717, 1.165) is 23.6 Å². The topological polar surface area (TPSA) is 86.6 Å². The number of anilines is 1. The zero-order chi connectivity index (χ0) is 23.8. The largest absolute Gasteiger partial charge is 0.459 e. The Labute approximate surface area is 200 Å². The van der Waals surface area contributed by atoms with Crippen molar-refractivity contribution in [3.63, 3.8) is 0 Å². The number of rotatable bonds is 8. The van der Waals surface area contributed by atoms with Gasteiger partial charge in [-0.3, -0.25) is 9.69 Å². The van der Waals surface area contributed by atoms with Crippen LogP contribution in [0.1, 0.15) is 47.0 Å². The SMILES string of the molecule is CC1CCCN(Cc2ccc(CNC(=O)NCc3ccc(NC(=O)c4ccco4)cc3)cc2)C1. The van der Waals surface area contributed by atoms with E-state index < -0.39 is 0 Å². The maximum atomic E-state index is 12.2. The second-order valence-electron chi connectivity index (χ2n) is 8.96. The minimum atomic E-state index is -0.302. The summed E-state index contributed by atoms with van der Waals surface area (Å²) in [6.45, 7) is 6.53. The number of likely N-dealkylation sites (tertiary alicyclic amines) is 1. The lowest BCUT2D eigenvalue weighted by Crippen LogP contribution is -2.34. The molecule has 7 nitrogen and oxygen atoms in total. The number of nitrogens with zero attached hydrogens (tertiary/aromatic N) is 1. The molecule has 1 saturated heterocycles. The average Bonchev–Trinajstić information content (AvgIpc) is 3.39. The summed E-state index contributed by atoms with van der Waals surface area (Å²) < 4.78 is 5.08. The summed E-state index contributed by atoms with van der Waals surface area (Å²) in [7, 11) is 0. The first-order valence-corrected chi connectivity index (χ1v) is 11.8. The van der Waals surface area contributed by atoms with Crippen LogP contribution in [0.4, 0.5) is 10.5 Å². The number of hydrogen-bond acceptors (Lipinski definition) is 4. The summed E-state index contributed by atoms with van der Waals surface area (Å²) in [4.78, 5) is 26.7. The van der Waals surface area contributed by atoms with E-state index in [2.05, 4.69) is 52.0 Å². The molecule has 7 heteroatoms. The zero-order valence-electron chi connectivity index (χ0n) is 19.5. The first-order valence-electron chi connectivity index (χ1n) is 11.8. The van der Waals surface area contributed by atoms with Crippen LogP contribution in [0.15, 0.2) is 71.3 Å². The maximum Gasteiger partial charge on any atom is 0.315 e. The Morgan fingerprint density at radius 1 is 0.941 bits per heavy atom. The number of piperidine rings is 1. The van der Waals surface area contributed by atoms with Crippen LogP contribution in [0.25, 0.3) is 0 Å². The van der Waals surface area contributed by atoms with E-state index in [4.69, 9.17) is 4.42 Å². The molecule has 1 aliphatic rings. The Bertz CT molecular complexity index is 1060. The van der Waals surface area contributed by atoms with Crippen LogP contribution in [0.3, 0.4) is 0 Å². The van der Waals surface area contributed by atoms with Gasteiger partial charge in [-0.1, -0.05) is 43.3 Å². The second kappa shape index (κ2) is 11.5. The summed E-state index contributed by atoms with van der Waals surface area (Å²) >= 11 is 0. The lowest BCUT2D eigenvalue weighted by atomic mass is 9.99. The van der Waals surface area contributed by atoms with Gasteiger partial charge < -0.3 is 20.4 Å². The molecule has 1 aromatic heterocycles. The van der Waals surface area contributed by atoms with Crippen molar-refractivity contribution in [1.29, 1.82) is 0 Å². The molecule has 3 amide bonds. The van der Waals surface area contributed by atoms with Crippen LogP contribution in [-0.2, 0) is 19.6 Å². The van der Waals surface area contributed by atoms with E-state index in [1.807, 2.05) is 12.1 Å². The van der Waals surface area contributed by atoms with Gasteiger partial charge in [-0.15, -0.1) is 0 Å². The van der Waals surface area contributed by atoms with Crippen molar-refractivity contribution in [1.82, 2.24) is 15.5 Å². The summed E-state index contributed by atoms with van der Waals surface area (Å²) in [6.07, 6.45) is 4.07. The maximum absolute atomic E-state index is 12.2. The van der Waals surface area contributed by atoms with Crippen molar-refractivity contribution in [2.45, 2.75) is 39.4 Å². The lowest BCUT2D eigenvalue weighted by Gasteiger charge is -2.30. The Balaban J connectivity index is 1.16. The van der Waals surface area contributed by atoms with Gasteiger partial charge in [0.25, 0.3) is 5.91 Å². The van der Waals surface area contributed by atoms with E-state index in [1.54, 1.807) is 24.3 Å². The quantitative estimate of drug-likeness (QED) is 0.452. The van der Waals surface area contributed by atoms with Crippen molar-refractivity contribution in [2.24, 2.45) is 5.92 Å². The number of amides is 3. The van der Waals surface area contributed by atoms with Crippen molar-refractivity contribution in [3.8, 4) is 0 Å². The number of hydrogen-bond donors (Lipinski definition) is 3. The van der Waals surface area contributed by atoms with Crippen molar-refractivity contribution in [3.05, 3.63) is 89.4 Å². The molecule has 1 atom stereocenters. The number of nitrogens with one attached hydrogen (secondary N) is 3. The molecule has 1 aliphatic heterocycles. The van der Waals surface area contributed by atoms with E-state index in [9.17, 15) is 9.59 Å². The molecule has 0 radical (unpaired) electrons. The van der Waals surface area contributed by atoms with Gasteiger partial charge in [-0.05, 0) is 66.3 Å². The molecule has 178 valence electrons. The summed E-state index contributed by atoms with van der Waals surface area (Å²) in [5.74, 6) is 0.736. The molecule has 2 aromatic carbocycles. The fourth-order valence-electron chi connectivity index (χ4n) is 4.18. The minimum absolute atomic E-state index is 0.221. The average molecular weight is 461 g/mol. The standard InChI is InChI=1S/C27H32N4O3/c1-20-4-2-14-31(18-20)19-23-8-6-21(7-9-23)16-28-27(33)29-17-22-10-12-24(13-11-22)30-26(32)25-5-3-15-34-25/h3,5-13,15,20H,2,4,14,16-19H2,1H3,(H,30,32)(H2,28,29,33). The molecule has 0 aliphatic carbocycles. The molecule has 2 heterocycles. The summed E-state index contributed by atoms with van der Waals surface area (Å²) in [6, 6.07) is 18.8. The van der Waals surface area contributed by atoms with Crippen LogP contribution in [0.5, 0.6) is 0 Å². The number of furan rings is 1. The molecule has 3 N–H and O–H groups in total. The van der Waals surface area contributed by atoms with Gasteiger partial charge in [0, 0.05) is 31.9 Å².